The van der Waals surface area contributed by atoms with Crippen LogP contribution < -0.4 is 11.1 Å². The van der Waals surface area contributed by atoms with E-state index in [1.54, 1.807) is 0 Å². The molecule has 0 bridgehead atoms. The third kappa shape index (κ3) is 3.85. The van der Waals surface area contributed by atoms with Crippen LogP contribution in [0, 0.1) is 5.92 Å². The van der Waals surface area contributed by atoms with Gasteiger partial charge in [-0.05, 0) is 39.3 Å². The molecule has 2 nitrogen and oxygen atoms in total. The maximum atomic E-state index is 5.40. The molecule has 0 spiro atoms. The Labute approximate surface area is 64.2 Å². The molecule has 0 aliphatic carbocycles. The van der Waals surface area contributed by atoms with Crippen LogP contribution in [0.2, 0.25) is 0 Å². The molecule has 0 saturated heterocycles. The lowest BCUT2D eigenvalue weighted by Gasteiger charge is -2.18. The van der Waals surface area contributed by atoms with E-state index in [0.29, 0.717) is 6.04 Å². The Morgan fingerprint density at radius 2 is 2.00 bits per heavy atom. The maximum absolute atomic E-state index is 5.40. The normalized spacial score (nSPS) is 16.8. The van der Waals surface area contributed by atoms with Crippen molar-refractivity contribution in [1.29, 1.82) is 0 Å². The largest absolute Gasteiger partial charge is 0.330 e. The summed E-state index contributed by atoms with van der Waals surface area (Å²) in [6.45, 7) is 5.29. The minimum Gasteiger partial charge on any atom is -0.330 e. The monoisotopic (exact) mass is 144 g/mol. The van der Waals surface area contributed by atoms with Crippen LogP contribution in [0.25, 0.3) is 0 Å². The van der Waals surface area contributed by atoms with Gasteiger partial charge in [-0.15, -0.1) is 0 Å². The van der Waals surface area contributed by atoms with Crippen molar-refractivity contribution in [3.63, 3.8) is 0 Å². The average molecular weight is 144 g/mol. The molecule has 10 heavy (non-hydrogen) atoms. The van der Waals surface area contributed by atoms with Crippen molar-refractivity contribution in [1.82, 2.24) is 5.32 Å². The minimum atomic E-state index is 0.617. The van der Waals surface area contributed by atoms with E-state index in [1.165, 1.54) is 6.42 Å². The van der Waals surface area contributed by atoms with Crippen LogP contribution in [-0.2, 0) is 0 Å². The van der Waals surface area contributed by atoms with Gasteiger partial charge >= 0.3 is 0 Å². The number of rotatable bonds is 5. The summed E-state index contributed by atoms with van der Waals surface area (Å²) >= 11 is 0. The summed E-state index contributed by atoms with van der Waals surface area (Å²) < 4.78 is 0. The molecule has 0 rings (SSSR count). The van der Waals surface area contributed by atoms with Crippen LogP contribution in [0.1, 0.15) is 26.7 Å². The molecule has 0 aromatic heterocycles. The number of nitrogens with two attached hydrogens (primary N) is 1. The zero-order chi connectivity index (χ0) is 7.98. The molecule has 0 aliphatic rings. The molecule has 0 amide bonds. The van der Waals surface area contributed by atoms with Crippen LogP contribution >= 0.6 is 0 Å². The molecule has 0 aromatic rings. The molecular formula is C8H20N2. The van der Waals surface area contributed by atoms with Crippen LogP contribution in [0.4, 0.5) is 0 Å². The summed E-state index contributed by atoms with van der Waals surface area (Å²) in [5.74, 6) is 0.744. The second kappa shape index (κ2) is 5.69. The first-order chi connectivity index (χ1) is 4.72. The Bertz CT molecular complexity index is 73.7. The highest BCUT2D eigenvalue weighted by atomic mass is 14.9. The van der Waals surface area contributed by atoms with Gasteiger partial charge < -0.3 is 11.1 Å². The smallest absolute Gasteiger partial charge is 0.00613 e. The van der Waals surface area contributed by atoms with Gasteiger partial charge in [-0.1, -0.05) is 6.92 Å². The van der Waals surface area contributed by atoms with E-state index in [9.17, 15) is 0 Å². The molecule has 2 unspecified atom stereocenters. The van der Waals surface area contributed by atoms with Crippen LogP contribution in [0.15, 0.2) is 0 Å². The van der Waals surface area contributed by atoms with Crippen LogP contribution in [-0.4, -0.2) is 19.6 Å². The lowest BCUT2D eigenvalue weighted by Crippen LogP contribution is -2.28. The van der Waals surface area contributed by atoms with Crippen molar-refractivity contribution in [2.75, 3.05) is 13.6 Å². The molecule has 0 heterocycles. The molecule has 0 saturated carbocycles. The highest BCUT2D eigenvalue weighted by Crippen LogP contribution is 2.08. The standard InChI is InChI=1S/C8H20N2/c1-7(5-4-6-9)8(2)10-3/h7-8,10H,4-6,9H2,1-3H3. The number of hydrogen-bond donors (Lipinski definition) is 2. The van der Waals surface area contributed by atoms with Crippen molar-refractivity contribution in [2.45, 2.75) is 32.7 Å². The van der Waals surface area contributed by atoms with Gasteiger partial charge in [0.2, 0.25) is 0 Å². The Morgan fingerprint density at radius 3 is 2.40 bits per heavy atom. The molecule has 0 aliphatic heterocycles. The third-order valence-electron chi connectivity index (χ3n) is 2.17. The van der Waals surface area contributed by atoms with Gasteiger partial charge in [0.25, 0.3) is 0 Å². The molecule has 62 valence electrons. The van der Waals surface area contributed by atoms with E-state index in [2.05, 4.69) is 19.2 Å². The fourth-order valence-electron chi connectivity index (χ4n) is 0.974. The fraction of sp³-hybridized carbons (Fsp3) is 1.00. The van der Waals surface area contributed by atoms with E-state index in [-0.39, 0.29) is 0 Å². The Morgan fingerprint density at radius 1 is 1.40 bits per heavy atom. The highest BCUT2D eigenvalue weighted by molar-refractivity contribution is 4.65. The molecule has 2 heteroatoms. The van der Waals surface area contributed by atoms with Gasteiger partial charge in [-0.3, -0.25) is 0 Å². The molecular weight excluding hydrogens is 124 g/mol. The Kier molecular flexibility index (Phi) is 5.64. The summed E-state index contributed by atoms with van der Waals surface area (Å²) in [6.07, 6.45) is 2.38. The molecule has 2 atom stereocenters. The third-order valence-corrected chi connectivity index (χ3v) is 2.17. The van der Waals surface area contributed by atoms with Crippen molar-refractivity contribution in [2.24, 2.45) is 11.7 Å². The van der Waals surface area contributed by atoms with Gasteiger partial charge in [0.15, 0.2) is 0 Å². The minimum absolute atomic E-state index is 0.617. The van der Waals surface area contributed by atoms with Crippen molar-refractivity contribution in [3.05, 3.63) is 0 Å². The lowest BCUT2D eigenvalue weighted by molar-refractivity contribution is 0.394. The van der Waals surface area contributed by atoms with Crippen molar-refractivity contribution < 1.29 is 0 Å². The zero-order valence-electron chi connectivity index (χ0n) is 7.35. The number of hydrogen-bond acceptors (Lipinski definition) is 2. The Balaban J connectivity index is 3.31. The predicted octanol–water partition coefficient (Wildman–Crippen LogP) is 0.969. The van der Waals surface area contributed by atoms with Crippen molar-refractivity contribution >= 4 is 0 Å². The quantitative estimate of drug-likeness (QED) is 0.603. The molecule has 0 aromatic carbocycles. The van der Waals surface area contributed by atoms with E-state index >= 15 is 0 Å². The second-order valence-corrected chi connectivity index (χ2v) is 2.99. The van der Waals surface area contributed by atoms with E-state index in [4.69, 9.17) is 5.73 Å². The first-order valence-corrected chi connectivity index (χ1v) is 4.09. The summed E-state index contributed by atoms with van der Waals surface area (Å²) in [5.41, 5.74) is 5.40. The predicted molar refractivity (Wildman–Crippen MR) is 46.0 cm³/mol. The van der Waals surface area contributed by atoms with Crippen LogP contribution in [0.5, 0.6) is 0 Å². The average Bonchev–Trinajstić information content (AvgIpc) is 1.98. The summed E-state index contributed by atoms with van der Waals surface area (Å²) in [4.78, 5) is 0. The fourth-order valence-corrected chi connectivity index (χ4v) is 0.974. The van der Waals surface area contributed by atoms with Gasteiger partial charge in [0.05, 0.1) is 0 Å². The van der Waals surface area contributed by atoms with Gasteiger partial charge in [-0.25, -0.2) is 0 Å². The topological polar surface area (TPSA) is 38.0 Å². The molecule has 0 radical (unpaired) electrons. The summed E-state index contributed by atoms with van der Waals surface area (Å²) in [6, 6.07) is 0.617. The lowest BCUT2D eigenvalue weighted by atomic mass is 9.98. The SMILES string of the molecule is CNC(C)C(C)CCCN. The maximum Gasteiger partial charge on any atom is 0.00613 e. The second-order valence-electron chi connectivity index (χ2n) is 2.99. The summed E-state index contributed by atoms with van der Waals surface area (Å²) in [5, 5.41) is 3.23. The molecule has 3 N–H and O–H groups in total. The van der Waals surface area contributed by atoms with Crippen LogP contribution in [0.3, 0.4) is 0 Å². The first-order valence-electron chi connectivity index (χ1n) is 4.09. The molecule has 0 fully saturated rings. The van der Waals surface area contributed by atoms with E-state index in [0.717, 1.165) is 18.9 Å². The first kappa shape index (κ1) is 9.92. The van der Waals surface area contributed by atoms with E-state index in [1.807, 2.05) is 7.05 Å². The number of nitrogens with one attached hydrogen (secondary N) is 1. The Hall–Kier alpha value is -0.0800. The van der Waals surface area contributed by atoms with E-state index < -0.39 is 0 Å². The highest BCUT2D eigenvalue weighted by Gasteiger charge is 2.07. The zero-order valence-corrected chi connectivity index (χ0v) is 7.35. The van der Waals surface area contributed by atoms with Gasteiger partial charge in [0.1, 0.15) is 0 Å². The van der Waals surface area contributed by atoms with Gasteiger partial charge in [0, 0.05) is 6.04 Å². The van der Waals surface area contributed by atoms with Gasteiger partial charge in [-0.2, -0.15) is 0 Å². The summed E-state index contributed by atoms with van der Waals surface area (Å²) in [7, 11) is 2.00. The van der Waals surface area contributed by atoms with Crippen molar-refractivity contribution in [3.8, 4) is 0 Å².